The van der Waals surface area contributed by atoms with Crippen molar-refractivity contribution in [3.63, 3.8) is 0 Å². The quantitative estimate of drug-likeness (QED) is 0.824. The van der Waals surface area contributed by atoms with Crippen LogP contribution in [-0.2, 0) is 12.8 Å². The first-order valence-electron chi connectivity index (χ1n) is 6.29. The van der Waals surface area contributed by atoms with Crippen molar-refractivity contribution in [1.82, 2.24) is 9.97 Å². The van der Waals surface area contributed by atoms with E-state index in [1.807, 2.05) is 0 Å². The summed E-state index contributed by atoms with van der Waals surface area (Å²) < 4.78 is 0. The SMILES string of the molecule is CCc1ccc(CCNc2cc(Cl)nc(N)n2)cc1. The number of nitrogens with two attached hydrogens (primary N) is 1. The maximum atomic E-state index is 5.81. The molecule has 2 aromatic rings. The first kappa shape index (κ1) is 13.6. The highest BCUT2D eigenvalue weighted by Gasteiger charge is 2.00. The Bertz CT molecular complexity index is 519. The van der Waals surface area contributed by atoms with Crippen molar-refractivity contribution in [3.05, 3.63) is 46.6 Å². The standard InChI is InChI=1S/C14H17ClN4/c1-2-10-3-5-11(6-4-10)7-8-17-13-9-12(15)18-14(16)19-13/h3-6,9H,2,7-8H2,1H3,(H3,16,17,18,19). The topological polar surface area (TPSA) is 63.8 Å². The van der Waals surface area contributed by atoms with Crippen LogP contribution in [0.5, 0.6) is 0 Å². The average molecular weight is 277 g/mol. The molecule has 100 valence electrons. The molecular weight excluding hydrogens is 260 g/mol. The van der Waals surface area contributed by atoms with Gasteiger partial charge in [0.2, 0.25) is 5.95 Å². The normalized spacial score (nSPS) is 10.4. The molecule has 0 amide bonds. The highest BCUT2D eigenvalue weighted by atomic mass is 35.5. The zero-order chi connectivity index (χ0) is 13.7. The molecule has 0 radical (unpaired) electrons. The number of rotatable bonds is 5. The van der Waals surface area contributed by atoms with Crippen LogP contribution in [0.4, 0.5) is 11.8 Å². The molecule has 2 rings (SSSR count). The highest BCUT2D eigenvalue weighted by molar-refractivity contribution is 6.29. The third kappa shape index (κ3) is 4.10. The minimum absolute atomic E-state index is 0.183. The van der Waals surface area contributed by atoms with Gasteiger partial charge in [0.1, 0.15) is 11.0 Å². The van der Waals surface area contributed by atoms with Gasteiger partial charge in [0.25, 0.3) is 0 Å². The van der Waals surface area contributed by atoms with E-state index in [9.17, 15) is 0 Å². The molecule has 0 fully saturated rings. The van der Waals surface area contributed by atoms with Gasteiger partial charge in [-0.05, 0) is 24.0 Å². The molecule has 1 aromatic carbocycles. The lowest BCUT2D eigenvalue weighted by atomic mass is 10.1. The Morgan fingerprint density at radius 1 is 1.16 bits per heavy atom. The first-order valence-corrected chi connectivity index (χ1v) is 6.67. The predicted molar refractivity (Wildman–Crippen MR) is 79.5 cm³/mol. The van der Waals surface area contributed by atoms with E-state index in [1.54, 1.807) is 6.07 Å². The first-order chi connectivity index (χ1) is 9.17. The molecule has 19 heavy (non-hydrogen) atoms. The second-order valence-corrected chi connectivity index (χ2v) is 4.67. The molecule has 0 aliphatic carbocycles. The second kappa shape index (κ2) is 6.38. The fraction of sp³-hybridized carbons (Fsp3) is 0.286. The van der Waals surface area contributed by atoms with Crippen molar-refractivity contribution >= 4 is 23.4 Å². The number of hydrogen-bond acceptors (Lipinski definition) is 4. The van der Waals surface area contributed by atoms with Gasteiger partial charge in [0.15, 0.2) is 0 Å². The maximum Gasteiger partial charge on any atom is 0.223 e. The van der Waals surface area contributed by atoms with Crippen LogP contribution in [0.15, 0.2) is 30.3 Å². The van der Waals surface area contributed by atoms with Gasteiger partial charge in [-0.3, -0.25) is 0 Å². The Morgan fingerprint density at radius 3 is 2.47 bits per heavy atom. The number of aryl methyl sites for hydroxylation is 1. The van der Waals surface area contributed by atoms with Crippen LogP contribution in [0.3, 0.4) is 0 Å². The van der Waals surface area contributed by atoms with Gasteiger partial charge < -0.3 is 11.1 Å². The van der Waals surface area contributed by atoms with Crippen LogP contribution in [-0.4, -0.2) is 16.5 Å². The molecule has 0 unspecified atom stereocenters. The Hall–Kier alpha value is -1.81. The molecule has 1 aromatic heterocycles. The third-order valence-electron chi connectivity index (χ3n) is 2.86. The molecule has 5 heteroatoms. The van der Waals surface area contributed by atoms with E-state index in [0.717, 1.165) is 19.4 Å². The monoisotopic (exact) mass is 276 g/mol. The fourth-order valence-corrected chi connectivity index (χ4v) is 1.99. The van der Waals surface area contributed by atoms with E-state index in [-0.39, 0.29) is 5.95 Å². The molecule has 0 saturated heterocycles. The summed E-state index contributed by atoms with van der Waals surface area (Å²) in [5.74, 6) is 0.838. The Kier molecular flexibility index (Phi) is 4.58. The van der Waals surface area contributed by atoms with Crippen LogP contribution in [0.25, 0.3) is 0 Å². The molecule has 4 nitrogen and oxygen atoms in total. The van der Waals surface area contributed by atoms with Crippen molar-refractivity contribution < 1.29 is 0 Å². The number of nitrogen functional groups attached to an aromatic ring is 1. The molecule has 0 aliphatic heterocycles. The summed E-state index contributed by atoms with van der Waals surface area (Å²) in [6.45, 7) is 2.93. The zero-order valence-corrected chi connectivity index (χ0v) is 11.6. The maximum absolute atomic E-state index is 5.81. The summed E-state index contributed by atoms with van der Waals surface area (Å²) >= 11 is 5.81. The number of anilines is 2. The van der Waals surface area contributed by atoms with Gasteiger partial charge in [-0.15, -0.1) is 0 Å². The Balaban J connectivity index is 1.88. The summed E-state index contributed by atoms with van der Waals surface area (Å²) in [5, 5.41) is 3.54. The van der Waals surface area contributed by atoms with Gasteiger partial charge in [-0.25, -0.2) is 4.98 Å². The minimum Gasteiger partial charge on any atom is -0.370 e. The lowest BCUT2D eigenvalue weighted by Gasteiger charge is -2.07. The van der Waals surface area contributed by atoms with Crippen LogP contribution >= 0.6 is 11.6 Å². The molecule has 0 saturated carbocycles. The van der Waals surface area contributed by atoms with E-state index in [4.69, 9.17) is 17.3 Å². The van der Waals surface area contributed by atoms with Crippen molar-refractivity contribution in [2.75, 3.05) is 17.6 Å². The smallest absolute Gasteiger partial charge is 0.223 e. The molecular formula is C14H17ClN4. The van der Waals surface area contributed by atoms with Gasteiger partial charge in [0, 0.05) is 12.6 Å². The van der Waals surface area contributed by atoms with Crippen LogP contribution in [0.1, 0.15) is 18.1 Å². The van der Waals surface area contributed by atoms with E-state index in [0.29, 0.717) is 11.0 Å². The summed E-state index contributed by atoms with van der Waals surface area (Å²) in [6.07, 6.45) is 1.99. The Morgan fingerprint density at radius 2 is 1.84 bits per heavy atom. The van der Waals surface area contributed by atoms with Gasteiger partial charge in [-0.1, -0.05) is 42.8 Å². The van der Waals surface area contributed by atoms with Crippen LogP contribution < -0.4 is 11.1 Å². The van der Waals surface area contributed by atoms with E-state index in [1.165, 1.54) is 11.1 Å². The lowest BCUT2D eigenvalue weighted by molar-refractivity contribution is 0.997. The third-order valence-corrected chi connectivity index (χ3v) is 3.06. The molecule has 0 bridgehead atoms. The second-order valence-electron chi connectivity index (χ2n) is 4.28. The van der Waals surface area contributed by atoms with Gasteiger partial charge in [-0.2, -0.15) is 4.98 Å². The molecule has 0 atom stereocenters. The molecule has 0 spiro atoms. The molecule has 1 heterocycles. The van der Waals surface area contributed by atoms with Gasteiger partial charge in [0.05, 0.1) is 0 Å². The van der Waals surface area contributed by atoms with Crippen LogP contribution in [0.2, 0.25) is 5.15 Å². The lowest BCUT2D eigenvalue weighted by Crippen LogP contribution is -2.08. The summed E-state index contributed by atoms with van der Waals surface area (Å²) in [4.78, 5) is 7.88. The zero-order valence-electron chi connectivity index (χ0n) is 10.9. The average Bonchev–Trinajstić information content (AvgIpc) is 2.38. The van der Waals surface area contributed by atoms with Crippen molar-refractivity contribution in [2.24, 2.45) is 0 Å². The van der Waals surface area contributed by atoms with Crippen molar-refractivity contribution in [3.8, 4) is 0 Å². The predicted octanol–water partition coefficient (Wildman–Crippen LogP) is 2.93. The Labute approximate surface area is 118 Å². The van der Waals surface area contributed by atoms with Crippen molar-refractivity contribution in [1.29, 1.82) is 0 Å². The minimum atomic E-state index is 0.183. The fourth-order valence-electron chi connectivity index (χ4n) is 1.80. The molecule has 0 aliphatic rings. The number of aromatic nitrogens is 2. The summed E-state index contributed by atoms with van der Waals surface area (Å²) in [5.41, 5.74) is 8.17. The van der Waals surface area contributed by atoms with E-state index >= 15 is 0 Å². The number of halogens is 1. The summed E-state index contributed by atoms with van der Waals surface area (Å²) in [6, 6.07) is 10.3. The van der Waals surface area contributed by atoms with Crippen molar-refractivity contribution in [2.45, 2.75) is 19.8 Å². The molecule has 3 N–H and O–H groups in total. The number of nitrogens with one attached hydrogen (secondary N) is 1. The largest absolute Gasteiger partial charge is 0.370 e. The van der Waals surface area contributed by atoms with Crippen LogP contribution in [0, 0.1) is 0 Å². The number of hydrogen-bond donors (Lipinski definition) is 2. The number of benzene rings is 1. The number of nitrogens with zero attached hydrogens (tertiary/aromatic N) is 2. The highest BCUT2D eigenvalue weighted by Crippen LogP contribution is 2.12. The van der Waals surface area contributed by atoms with E-state index in [2.05, 4.69) is 46.5 Å². The van der Waals surface area contributed by atoms with Gasteiger partial charge >= 0.3 is 0 Å². The van der Waals surface area contributed by atoms with E-state index < -0.39 is 0 Å². The summed E-state index contributed by atoms with van der Waals surface area (Å²) in [7, 11) is 0.